The molecule has 0 atom stereocenters. The van der Waals surface area contributed by atoms with Crippen molar-refractivity contribution in [1.82, 2.24) is 10.2 Å². The van der Waals surface area contributed by atoms with Crippen molar-refractivity contribution in [3.8, 4) is 11.5 Å². The van der Waals surface area contributed by atoms with E-state index in [4.69, 9.17) is 4.42 Å². The molecule has 0 aliphatic rings. The van der Waals surface area contributed by atoms with Crippen molar-refractivity contribution >= 4 is 21.8 Å². The fourth-order valence-electron chi connectivity index (χ4n) is 2.12. The zero-order chi connectivity index (χ0) is 17.9. The van der Waals surface area contributed by atoms with E-state index in [0.717, 1.165) is 5.56 Å². The third kappa shape index (κ3) is 3.74. The summed E-state index contributed by atoms with van der Waals surface area (Å²) >= 11 is 0. The van der Waals surface area contributed by atoms with E-state index in [9.17, 15) is 13.2 Å². The van der Waals surface area contributed by atoms with Crippen LogP contribution in [0.3, 0.4) is 0 Å². The topological polar surface area (TPSA) is 102 Å². The van der Waals surface area contributed by atoms with Gasteiger partial charge in [0.2, 0.25) is 5.89 Å². The SMILES string of the molecule is CCS(=O)(=O)c1ccc(C(=O)Nc2nnc(-c3ccccc3)o2)cc1. The van der Waals surface area contributed by atoms with Crippen LogP contribution in [0.5, 0.6) is 0 Å². The van der Waals surface area contributed by atoms with E-state index in [2.05, 4.69) is 15.5 Å². The lowest BCUT2D eigenvalue weighted by Gasteiger charge is -2.03. The Balaban J connectivity index is 1.74. The molecule has 3 rings (SSSR count). The van der Waals surface area contributed by atoms with Crippen LogP contribution in [0, 0.1) is 0 Å². The van der Waals surface area contributed by atoms with Gasteiger partial charge in [0.1, 0.15) is 0 Å². The van der Waals surface area contributed by atoms with E-state index in [-0.39, 0.29) is 22.2 Å². The Bertz CT molecular complexity index is 980. The van der Waals surface area contributed by atoms with Crippen LogP contribution < -0.4 is 5.32 Å². The molecule has 1 heterocycles. The number of carbonyl (C=O) groups excluding carboxylic acids is 1. The first-order valence-electron chi connectivity index (χ1n) is 7.52. The first-order valence-corrected chi connectivity index (χ1v) is 9.18. The van der Waals surface area contributed by atoms with Gasteiger partial charge in [-0.25, -0.2) is 8.42 Å². The van der Waals surface area contributed by atoms with Crippen molar-refractivity contribution in [1.29, 1.82) is 0 Å². The lowest BCUT2D eigenvalue weighted by Crippen LogP contribution is -2.12. The molecular weight excluding hydrogens is 342 g/mol. The third-order valence-corrected chi connectivity index (χ3v) is 5.27. The molecule has 3 aromatic rings. The smallest absolute Gasteiger partial charge is 0.322 e. The average molecular weight is 357 g/mol. The number of nitrogens with one attached hydrogen (secondary N) is 1. The number of sulfone groups is 1. The first kappa shape index (κ1) is 16.8. The number of hydrogen-bond donors (Lipinski definition) is 1. The molecule has 0 spiro atoms. The Labute approximate surface area is 144 Å². The van der Waals surface area contributed by atoms with E-state index >= 15 is 0 Å². The minimum Gasteiger partial charge on any atom is -0.403 e. The normalized spacial score (nSPS) is 11.2. The van der Waals surface area contributed by atoms with Gasteiger partial charge >= 0.3 is 6.01 Å². The van der Waals surface area contributed by atoms with Crippen molar-refractivity contribution in [2.45, 2.75) is 11.8 Å². The molecule has 0 radical (unpaired) electrons. The van der Waals surface area contributed by atoms with E-state index in [1.165, 1.54) is 24.3 Å². The van der Waals surface area contributed by atoms with Gasteiger partial charge in [-0.3, -0.25) is 10.1 Å². The second-order valence-corrected chi connectivity index (χ2v) is 7.44. The van der Waals surface area contributed by atoms with Crippen molar-refractivity contribution in [2.75, 3.05) is 11.1 Å². The Kier molecular flexibility index (Phi) is 4.62. The molecule has 0 aliphatic carbocycles. The van der Waals surface area contributed by atoms with Crippen LogP contribution in [0.2, 0.25) is 0 Å². The first-order chi connectivity index (χ1) is 12.0. The highest BCUT2D eigenvalue weighted by atomic mass is 32.2. The maximum absolute atomic E-state index is 12.2. The van der Waals surface area contributed by atoms with Crippen molar-refractivity contribution < 1.29 is 17.6 Å². The molecule has 128 valence electrons. The second-order valence-electron chi connectivity index (χ2n) is 5.16. The predicted octanol–water partition coefficient (Wildman–Crippen LogP) is 2.78. The van der Waals surface area contributed by atoms with Gasteiger partial charge in [0, 0.05) is 11.1 Å². The molecule has 8 heteroatoms. The molecule has 0 unspecified atom stereocenters. The van der Waals surface area contributed by atoms with Crippen LogP contribution in [0.4, 0.5) is 6.01 Å². The van der Waals surface area contributed by atoms with Gasteiger partial charge in [0.25, 0.3) is 5.91 Å². The molecule has 1 N–H and O–H groups in total. The summed E-state index contributed by atoms with van der Waals surface area (Å²) in [5, 5.41) is 10.2. The average Bonchev–Trinajstić information content (AvgIpc) is 3.11. The number of rotatable bonds is 5. The van der Waals surface area contributed by atoms with Crippen LogP contribution in [-0.2, 0) is 9.84 Å². The lowest BCUT2D eigenvalue weighted by molar-refractivity contribution is 0.102. The number of aromatic nitrogens is 2. The Morgan fingerprint density at radius 1 is 1.04 bits per heavy atom. The van der Waals surface area contributed by atoms with E-state index in [1.807, 2.05) is 30.3 Å². The molecule has 1 amide bonds. The van der Waals surface area contributed by atoms with Gasteiger partial charge in [0.15, 0.2) is 9.84 Å². The van der Waals surface area contributed by atoms with Crippen LogP contribution in [0.15, 0.2) is 63.9 Å². The molecule has 7 nitrogen and oxygen atoms in total. The molecule has 25 heavy (non-hydrogen) atoms. The number of nitrogens with zero attached hydrogens (tertiary/aromatic N) is 2. The van der Waals surface area contributed by atoms with Gasteiger partial charge in [-0.2, -0.15) is 0 Å². The van der Waals surface area contributed by atoms with Gasteiger partial charge in [0.05, 0.1) is 10.6 Å². The highest BCUT2D eigenvalue weighted by Crippen LogP contribution is 2.20. The van der Waals surface area contributed by atoms with Gasteiger partial charge in [-0.05, 0) is 36.4 Å². The van der Waals surface area contributed by atoms with Crippen molar-refractivity contribution in [3.05, 3.63) is 60.2 Å². The monoisotopic (exact) mass is 357 g/mol. The van der Waals surface area contributed by atoms with E-state index in [1.54, 1.807) is 6.92 Å². The van der Waals surface area contributed by atoms with Gasteiger partial charge in [-0.15, -0.1) is 5.10 Å². The maximum atomic E-state index is 12.2. The summed E-state index contributed by atoms with van der Waals surface area (Å²) in [4.78, 5) is 12.4. The summed E-state index contributed by atoms with van der Waals surface area (Å²) in [6, 6.07) is 14.8. The fraction of sp³-hybridized carbons (Fsp3) is 0.118. The minimum absolute atomic E-state index is 0.00277. The van der Waals surface area contributed by atoms with Crippen LogP contribution in [0.25, 0.3) is 11.5 Å². The molecule has 2 aromatic carbocycles. The summed E-state index contributed by atoms with van der Waals surface area (Å²) in [5.74, 6) is -0.174. The summed E-state index contributed by atoms with van der Waals surface area (Å²) in [6.45, 7) is 1.57. The largest absolute Gasteiger partial charge is 0.403 e. The van der Waals surface area contributed by atoms with Crippen LogP contribution >= 0.6 is 0 Å². The molecule has 0 aliphatic heterocycles. The molecular formula is C17H15N3O4S. The van der Waals surface area contributed by atoms with Gasteiger partial charge < -0.3 is 4.42 Å². The number of hydrogen-bond acceptors (Lipinski definition) is 6. The fourth-order valence-corrected chi connectivity index (χ4v) is 3.00. The Hall–Kier alpha value is -3.00. The van der Waals surface area contributed by atoms with E-state index < -0.39 is 15.7 Å². The Morgan fingerprint density at radius 2 is 1.72 bits per heavy atom. The summed E-state index contributed by atoms with van der Waals surface area (Å²) < 4.78 is 29.0. The molecule has 0 bridgehead atoms. The minimum atomic E-state index is -3.30. The van der Waals surface area contributed by atoms with E-state index in [0.29, 0.717) is 5.89 Å². The summed E-state index contributed by atoms with van der Waals surface area (Å²) in [6.07, 6.45) is 0. The third-order valence-electron chi connectivity index (χ3n) is 3.52. The number of benzene rings is 2. The summed E-state index contributed by atoms with van der Waals surface area (Å²) in [7, 11) is -3.30. The maximum Gasteiger partial charge on any atom is 0.322 e. The quantitative estimate of drug-likeness (QED) is 0.753. The van der Waals surface area contributed by atoms with Gasteiger partial charge in [-0.1, -0.05) is 30.2 Å². The molecule has 0 fully saturated rings. The standard InChI is InChI=1S/C17H15N3O4S/c1-2-25(22,23)14-10-8-12(9-11-14)15(21)18-17-20-19-16(24-17)13-6-4-3-5-7-13/h3-11H,2H2,1H3,(H,18,20,21). The molecule has 1 aromatic heterocycles. The van der Waals surface area contributed by atoms with Crippen LogP contribution in [-0.4, -0.2) is 30.3 Å². The zero-order valence-electron chi connectivity index (χ0n) is 13.3. The number of amides is 1. The van der Waals surface area contributed by atoms with Crippen molar-refractivity contribution in [3.63, 3.8) is 0 Å². The zero-order valence-corrected chi connectivity index (χ0v) is 14.2. The highest BCUT2D eigenvalue weighted by Gasteiger charge is 2.15. The van der Waals surface area contributed by atoms with Crippen LogP contribution in [0.1, 0.15) is 17.3 Å². The van der Waals surface area contributed by atoms with Crippen molar-refractivity contribution in [2.24, 2.45) is 0 Å². The molecule has 0 saturated heterocycles. The number of carbonyl (C=O) groups is 1. The number of anilines is 1. The summed E-state index contributed by atoms with van der Waals surface area (Å²) in [5.41, 5.74) is 1.03. The Morgan fingerprint density at radius 3 is 2.36 bits per heavy atom. The highest BCUT2D eigenvalue weighted by molar-refractivity contribution is 7.91. The second kappa shape index (κ2) is 6.86. The molecule has 0 saturated carbocycles. The predicted molar refractivity (Wildman–Crippen MR) is 91.9 cm³/mol. The lowest BCUT2D eigenvalue weighted by atomic mass is 10.2.